The smallest absolute Gasteiger partial charge is 0.485 e. The van der Waals surface area contributed by atoms with Crippen molar-refractivity contribution in [1.82, 2.24) is 4.72 Å². The number of rotatable bonds is 10. The zero-order valence-electron chi connectivity index (χ0n) is 19.1. The Labute approximate surface area is 214 Å². The Morgan fingerprint density at radius 3 is 1.85 bits per heavy atom. The third kappa shape index (κ3) is 8.04. The van der Waals surface area contributed by atoms with Crippen molar-refractivity contribution < 1.29 is 58.6 Å². The van der Waals surface area contributed by atoms with Crippen molar-refractivity contribution in [3.63, 3.8) is 0 Å². The molecular weight excluding hydrogens is 568 g/mol. The van der Waals surface area contributed by atoms with Crippen LogP contribution in [0.3, 0.4) is 0 Å². The van der Waals surface area contributed by atoms with Gasteiger partial charge in [-0.1, -0.05) is 0 Å². The van der Waals surface area contributed by atoms with Crippen LogP contribution in [0.5, 0.6) is 17.2 Å². The maximum Gasteiger partial charge on any atom is 0.491 e. The van der Waals surface area contributed by atoms with E-state index in [1.54, 1.807) is 0 Å². The molecule has 0 saturated heterocycles. The van der Waals surface area contributed by atoms with Gasteiger partial charge in [-0.05, 0) is 36.4 Å². The summed E-state index contributed by atoms with van der Waals surface area (Å²) >= 11 is 0. The molecule has 0 bridgehead atoms. The van der Waals surface area contributed by atoms with Gasteiger partial charge in [-0.3, -0.25) is 10.8 Å². The van der Waals surface area contributed by atoms with E-state index < -0.39 is 76.1 Å². The first-order valence-corrected chi connectivity index (χ1v) is 11.5. The molecule has 39 heavy (non-hydrogen) atoms. The molecule has 0 aliphatic carbocycles. The first kappa shape index (κ1) is 30.8. The third-order valence-corrected chi connectivity index (χ3v) is 5.82. The molecule has 12 nitrogen and oxygen atoms in total. The molecule has 0 aliphatic rings. The van der Waals surface area contributed by atoms with Crippen molar-refractivity contribution in [3.8, 4) is 17.2 Å². The summed E-state index contributed by atoms with van der Waals surface area (Å²) in [6.45, 7) is -1.50. The van der Waals surface area contributed by atoms with E-state index in [4.69, 9.17) is 27.0 Å². The van der Waals surface area contributed by atoms with Crippen LogP contribution >= 0.6 is 0 Å². The lowest BCUT2D eigenvalue weighted by molar-refractivity contribution is -0.190. The summed E-state index contributed by atoms with van der Waals surface area (Å²) < 4.78 is 117. The molecular formula is C20H17F6N5O7S. The zero-order valence-corrected chi connectivity index (χ0v) is 19.9. The highest BCUT2D eigenvalue weighted by Crippen LogP contribution is 2.42. The van der Waals surface area contributed by atoms with Gasteiger partial charge in [0.1, 0.15) is 18.3 Å². The Morgan fingerprint density at radius 1 is 0.821 bits per heavy atom. The summed E-state index contributed by atoms with van der Waals surface area (Å²) in [5.74, 6) is -10.8. The number of nitrogens with two attached hydrogens (primary N) is 2. The highest BCUT2D eigenvalue weighted by Gasteiger charge is 2.44. The molecule has 0 fully saturated rings. The molecule has 0 aromatic heterocycles. The third-order valence-electron chi connectivity index (χ3n) is 4.34. The predicted octanol–water partition coefficient (Wildman–Crippen LogP) is 1.55. The number of hydrogen-bond donors (Lipinski definition) is 5. The molecule has 0 radical (unpaired) electrons. The number of nitrogen functional groups attached to an aromatic ring is 2. The van der Waals surface area contributed by atoms with Gasteiger partial charge < -0.3 is 25.7 Å². The highest BCUT2D eigenvalue weighted by atomic mass is 32.2. The fraction of sp³-hybridized carbons (Fsp3) is 0.200. The number of ether oxygens (including phenoxy) is 3. The zero-order chi connectivity index (χ0) is 29.8. The summed E-state index contributed by atoms with van der Waals surface area (Å²) in [6, 6.07) is 5.84. The van der Waals surface area contributed by atoms with E-state index in [2.05, 4.69) is 9.47 Å². The van der Waals surface area contributed by atoms with Crippen LogP contribution < -0.4 is 30.4 Å². The molecule has 212 valence electrons. The molecule has 0 amide bonds. The second-order valence-corrected chi connectivity index (χ2v) is 8.91. The summed E-state index contributed by atoms with van der Waals surface area (Å²) in [5.41, 5.74) is 9.98. The average Bonchev–Trinajstić information content (AvgIpc) is 2.81. The number of halogens is 6. The number of nitrogens with one attached hydrogen (secondary N) is 3. The minimum atomic E-state index is -5.61. The minimum Gasteiger partial charge on any atom is -0.485 e. The summed E-state index contributed by atoms with van der Waals surface area (Å²) in [7, 11) is -4.24. The maximum atomic E-state index is 12.8. The van der Waals surface area contributed by atoms with Crippen LogP contribution in [0.25, 0.3) is 0 Å². The molecule has 19 heteroatoms. The van der Waals surface area contributed by atoms with Gasteiger partial charge in [-0.25, -0.2) is 22.7 Å². The van der Waals surface area contributed by atoms with Gasteiger partial charge in [0.05, 0.1) is 10.5 Å². The molecule has 0 saturated carbocycles. The topological polar surface area (TPSA) is 208 Å². The van der Waals surface area contributed by atoms with E-state index in [0.29, 0.717) is 12.1 Å². The summed E-state index contributed by atoms with van der Waals surface area (Å²) in [4.78, 5) is 22.4. The van der Waals surface area contributed by atoms with Crippen molar-refractivity contribution in [3.05, 3.63) is 47.5 Å². The highest BCUT2D eigenvalue weighted by molar-refractivity contribution is 7.89. The number of sulfonamides is 1. The van der Waals surface area contributed by atoms with E-state index in [1.165, 1.54) is 12.1 Å². The van der Waals surface area contributed by atoms with Crippen molar-refractivity contribution in [2.24, 2.45) is 11.5 Å². The number of benzene rings is 2. The fourth-order valence-electron chi connectivity index (χ4n) is 2.61. The number of carbonyl (C=O) groups excluding carboxylic acids is 2. The molecule has 2 aromatic rings. The second kappa shape index (κ2) is 11.6. The minimum absolute atomic E-state index is 0.213. The Hall–Kier alpha value is -4.39. The van der Waals surface area contributed by atoms with Crippen LogP contribution in [0.4, 0.5) is 26.3 Å². The Balaban J connectivity index is 2.38. The molecule has 2 aromatic carbocycles. The summed E-state index contributed by atoms with van der Waals surface area (Å²) in [5, 5.41) is 14.8. The van der Waals surface area contributed by atoms with E-state index >= 15 is 0 Å². The predicted molar refractivity (Wildman–Crippen MR) is 119 cm³/mol. The fourth-order valence-corrected chi connectivity index (χ4v) is 3.62. The van der Waals surface area contributed by atoms with E-state index in [1.807, 2.05) is 4.72 Å². The molecule has 0 aliphatic heterocycles. The van der Waals surface area contributed by atoms with E-state index in [0.717, 1.165) is 12.1 Å². The lowest BCUT2D eigenvalue weighted by atomic mass is 10.1. The van der Waals surface area contributed by atoms with Crippen molar-refractivity contribution >= 4 is 33.6 Å². The van der Waals surface area contributed by atoms with Gasteiger partial charge in [-0.2, -0.15) is 26.3 Å². The van der Waals surface area contributed by atoms with E-state index in [-0.39, 0.29) is 16.3 Å². The van der Waals surface area contributed by atoms with Crippen LogP contribution in [-0.2, 0) is 19.6 Å². The molecule has 0 spiro atoms. The first-order chi connectivity index (χ1) is 17.8. The number of carbonyl (C=O) groups is 2. The van der Waals surface area contributed by atoms with Crippen LogP contribution in [0.2, 0.25) is 0 Å². The van der Waals surface area contributed by atoms with Gasteiger partial charge in [0.2, 0.25) is 15.8 Å². The Kier molecular flexibility index (Phi) is 9.14. The second-order valence-electron chi connectivity index (χ2n) is 7.14. The largest absolute Gasteiger partial charge is 0.491 e. The Morgan fingerprint density at radius 2 is 1.36 bits per heavy atom. The van der Waals surface area contributed by atoms with E-state index in [9.17, 15) is 44.3 Å². The van der Waals surface area contributed by atoms with Crippen LogP contribution in [0.1, 0.15) is 11.1 Å². The molecule has 7 N–H and O–H groups in total. The normalized spacial score (nSPS) is 11.9. The van der Waals surface area contributed by atoms with Crippen LogP contribution in [0, 0.1) is 10.8 Å². The quantitative estimate of drug-likeness (QED) is 0.0683. The lowest BCUT2D eigenvalue weighted by Crippen LogP contribution is -2.31. The van der Waals surface area contributed by atoms with Gasteiger partial charge in [0, 0.05) is 12.1 Å². The van der Waals surface area contributed by atoms with Crippen LogP contribution in [-0.4, -0.2) is 57.5 Å². The van der Waals surface area contributed by atoms with Gasteiger partial charge in [0.15, 0.2) is 11.5 Å². The average molecular weight is 585 g/mol. The Bertz CT molecular complexity index is 1390. The lowest BCUT2D eigenvalue weighted by Gasteiger charge is -2.19. The molecule has 2 rings (SSSR count). The molecule has 0 heterocycles. The van der Waals surface area contributed by atoms with Crippen molar-refractivity contribution in [2.45, 2.75) is 17.2 Å². The number of alkyl halides is 6. The monoisotopic (exact) mass is 585 g/mol. The summed E-state index contributed by atoms with van der Waals surface area (Å²) in [6.07, 6.45) is -11.2. The van der Waals surface area contributed by atoms with Crippen molar-refractivity contribution in [1.29, 1.82) is 10.8 Å². The van der Waals surface area contributed by atoms with Gasteiger partial charge >= 0.3 is 24.3 Å². The molecule has 0 atom stereocenters. The van der Waals surface area contributed by atoms with Crippen molar-refractivity contribution in [2.75, 3.05) is 13.2 Å². The van der Waals surface area contributed by atoms with Gasteiger partial charge in [0.25, 0.3) is 0 Å². The molecule has 0 unspecified atom stereocenters. The number of hydrogen-bond acceptors (Lipinski definition) is 9. The standard InChI is InChI=1S/C20H17F6N5O7S/c21-19(22,23)17(32)37-12-6-5-11(16(29)30)13(38-18(33)20(24,25)26)14(12)36-8-7-31-39(34,35)10-3-1-9(2-4-10)15(27)28/h1-6,31H,7-8H2,(H3,27,28)(H3,29,30). The first-order valence-electron chi connectivity index (χ1n) is 10.0. The SMILES string of the molecule is N=C(N)c1ccc(S(=O)(=O)NCCOc2c(OC(=O)C(F)(F)F)ccc(C(=N)N)c2OC(=O)C(F)(F)F)cc1. The number of esters is 2. The number of amidine groups is 2. The van der Waals surface area contributed by atoms with Gasteiger partial charge in [-0.15, -0.1) is 0 Å². The maximum absolute atomic E-state index is 12.8. The van der Waals surface area contributed by atoms with Crippen LogP contribution in [0.15, 0.2) is 41.3 Å².